The van der Waals surface area contributed by atoms with Gasteiger partial charge < -0.3 is 4.90 Å². The fourth-order valence-electron chi connectivity index (χ4n) is 2.81. The number of hydrogen-bond donors (Lipinski definition) is 1. The van der Waals surface area contributed by atoms with E-state index >= 15 is 0 Å². The van der Waals surface area contributed by atoms with Crippen LogP contribution in [0.3, 0.4) is 0 Å². The number of nitrogens with zero attached hydrogens (tertiary/aromatic N) is 3. The largest absolute Gasteiger partial charge is 0.342 e. The van der Waals surface area contributed by atoms with Gasteiger partial charge in [-0.15, -0.1) is 11.3 Å². The van der Waals surface area contributed by atoms with E-state index in [9.17, 15) is 4.79 Å². The molecule has 1 aliphatic rings. The minimum atomic E-state index is 0.187. The van der Waals surface area contributed by atoms with Crippen molar-refractivity contribution >= 4 is 17.2 Å². The lowest BCUT2D eigenvalue weighted by Crippen LogP contribution is -2.40. The summed E-state index contributed by atoms with van der Waals surface area (Å²) in [6.07, 6.45) is 5.30. The summed E-state index contributed by atoms with van der Waals surface area (Å²) in [7, 11) is 0. The molecule has 2 aromatic rings. The minimum absolute atomic E-state index is 0.187. The molecule has 1 atom stereocenters. The van der Waals surface area contributed by atoms with Gasteiger partial charge in [-0.25, -0.2) is 4.98 Å². The van der Waals surface area contributed by atoms with Crippen molar-refractivity contribution in [3.05, 3.63) is 34.0 Å². The first-order valence-electron chi connectivity index (χ1n) is 7.46. The first kappa shape index (κ1) is 14.3. The Morgan fingerprint density at radius 3 is 3.19 bits per heavy atom. The molecule has 112 valence electrons. The van der Waals surface area contributed by atoms with Gasteiger partial charge in [0.25, 0.3) is 0 Å². The standard InChI is InChI=1S/C15H20N4OS/c1-2-14-17-12(10-21-14)8-15(20)19-7-3-4-11(9-19)13-5-6-16-18-13/h5-6,10-11H,2-4,7-9H2,1H3,(H,16,18). The van der Waals surface area contributed by atoms with Gasteiger partial charge in [0.05, 0.1) is 17.1 Å². The van der Waals surface area contributed by atoms with E-state index in [1.807, 2.05) is 16.3 Å². The van der Waals surface area contributed by atoms with Crippen LogP contribution in [0, 0.1) is 0 Å². The van der Waals surface area contributed by atoms with Crippen molar-refractivity contribution in [3.8, 4) is 0 Å². The Kier molecular flexibility index (Phi) is 4.34. The molecular formula is C15H20N4OS. The molecule has 0 aliphatic carbocycles. The highest BCUT2D eigenvalue weighted by Gasteiger charge is 2.25. The van der Waals surface area contributed by atoms with E-state index in [1.165, 1.54) is 0 Å². The zero-order chi connectivity index (χ0) is 14.7. The van der Waals surface area contributed by atoms with E-state index in [1.54, 1.807) is 17.5 Å². The summed E-state index contributed by atoms with van der Waals surface area (Å²) in [5.41, 5.74) is 2.04. The van der Waals surface area contributed by atoms with E-state index in [-0.39, 0.29) is 5.91 Å². The lowest BCUT2D eigenvalue weighted by Gasteiger charge is -2.32. The average Bonchev–Trinajstić information content (AvgIpc) is 3.18. The fraction of sp³-hybridized carbons (Fsp3) is 0.533. The van der Waals surface area contributed by atoms with Crippen LogP contribution >= 0.6 is 11.3 Å². The van der Waals surface area contributed by atoms with E-state index in [2.05, 4.69) is 22.1 Å². The van der Waals surface area contributed by atoms with Crippen molar-refractivity contribution in [1.82, 2.24) is 20.1 Å². The second kappa shape index (κ2) is 6.39. The van der Waals surface area contributed by atoms with E-state index in [4.69, 9.17) is 0 Å². The highest BCUT2D eigenvalue weighted by atomic mass is 32.1. The van der Waals surface area contributed by atoms with Crippen molar-refractivity contribution in [2.45, 2.75) is 38.5 Å². The second-order valence-electron chi connectivity index (χ2n) is 5.45. The van der Waals surface area contributed by atoms with Gasteiger partial charge in [0.2, 0.25) is 5.91 Å². The van der Waals surface area contributed by atoms with Crippen molar-refractivity contribution in [1.29, 1.82) is 0 Å². The summed E-state index contributed by atoms with van der Waals surface area (Å²) >= 11 is 1.64. The van der Waals surface area contributed by atoms with Crippen LogP contribution in [0.15, 0.2) is 17.6 Å². The number of rotatable bonds is 4. The van der Waals surface area contributed by atoms with Crippen molar-refractivity contribution in [2.75, 3.05) is 13.1 Å². The normalized spacial score (nSPS) is 18.9. The molecule has 0 radical (unpaired) electrons. The Hall–Kier alpha value is -1.69. The average molecular weight is 304 g/mol. The lowest BCUT2D eigenvalue weighted by molar-refractivity contribution is -0.131. The number of thiazole rings is 1. The Balaban J connectivity index is 1.61. The SMILES string of the molecule is CCc1nc(CC(=O)N2CCCC(c3ccn[nH]3)C2)cs1. The maximum Gasteiger partial charge on any atom is 0.228 e. The highest BCUT2D eigenvalue weighted by molar-refractivity contribution is 7.09. The summed E-state index contributed by atoms with van der Waals surface area (Å²) in [6, 6.07) is 2.01. The van der Waals surface area contributed by atoms with Gasteiger partial charge in [-0.3, -0.25) is 9.89 Å². The van der Waals surface area contributed by atoms with Crippen LogP contribution < -0.4 is 0 Å². The summed E-state index contributed by atoms with van der Waals surface area (Å²) in [5.74, 6) is 0.569. The fourth-order valence-corrected chi connectivity index (χ4v) is 3.56. The number of aromatic nitrogens is 3. The smallest absolute Gasteiger partial charge is 0.228 e. The lowest BCUT2D eigenvalue weighted by atomic mass is 9.94. The second-order valence-corrected chi connectivity index (χ2v) is 6.40. The van der Waals surface area contributed by atoms with Crippen molar-refractivity contribution < 1.29 is 4.79 Å². The maximum absolute atomic E-state index is 12.4. The zero-order valence-corrected chi connectivity index (χ0v) is 13.0. The molecule has 0 saturated carbocycles. The number of nitrogens with one attached hydrogen (secondary N) is 1. The summed E-state index contributed by atoms with van der Waals surface area (Å²) < 4.78 is 0. The first-order chi connectivity index (χ1) is 10.3. The monoisotopic (exact) mass is 304 g/mol. The zero-order valence-electron chi connectivity index (χ0n) is 12.2. The molecule has 3 rings (SSSR count). The molecule has 0 spiro atoms. The maximum atomic E-state index is 12.4. The van der Waals surface area contributed by atoms with Gasteiger partial charge in [-0.05, 0) is 25.3 Å². The molecule has 1 saturated heterocycles. The third-order valence-corrected chi connectivity index (χ3v) is 5.01. The molecule has 2 aromatic heterocycles. The molecule has 3 heterocycles. The molecule has 1 amide bonds. The third kappa shape index (κ3) is 3.32. The van der Waals surface area contributed by atoms with Gasteiger partial charge >= 0.3 is 0 Å². The summed E-state index contributed by atoms with van der Waals surface area (Å²) in [5, 5.41) is 10.1. The quantitative estimate of drug-likeness (QED) is 0.943. The number of piperidine rings is 1. The van der Waals surface area contributed by atoms with Crippen LogP contribution in [-0.4, -0.2) is 39.1 Å². The van der Waals surface area contributed by atoms with E-state index in [0.717, 1.165) is 48.7 Å². The van der Waals surface area contributed by atoms with Crippen molar-refractivity contribution in [2.24, 2.45) is 0 Å². The minimum Gasteiger partial charge on any atom is -0.342 e. The third-order valence-electron chi connectivity index (χ3n) is 3.97. The molecule has 1 aliphatic heterocycles. The molecule has 1 fully saturated rings. The van der Waals surface area contributed by atoms with Gasteiger partial charge in [-0.2, -0.15) is 5.10 Å². The van der Waals surface area contributed by atoms with E-state index < -0.39 is 0 Å². The molecule has 6 heteroatoms. The Morgan fingerprint density at radius 2 is 2.48 bits per heavy atom. The van der Waals surface area contributed by atoms with Gasteiger partial charge in [0.1, 0.15) is 0 Å². The van der Waals surface area contributed by atoms with Crippen LogP contribution in [0.5, 0.6) is 0 Å². The molecule has 0 aromatic carbocycles. The van der Waals surface area contributed by atoms with Gasteiger partial charge in [-0.1, -0.05) is 6.92 Å². The Labute approximate surface area is 128 Å². The number of aryl methyl sites for hydroxylation is 1. The van der Waals surface area contributed by atoms with E-state index in [0.29, 0.717) is 12.3 Å². The van der Waals surface area contributed by atoms with Crippen LogP contribution in [0.2, 0.25) is 0 Å². The molecule has 21 heavy (non-hydrogen) atoms. The summed E-state index contributed by atoms with van der Waals surface area (Å²) in [6.45, 7) is 3.73. The first-order valence-corrected chi connectivity index (χ1v) is 8.34. The van der Waals surface area contributed by atoms with Crippen LogP contribution in [-0.2, 0) is 17.6 Å². The number of H-pyrrole nitrogens is 1. The molecule has 0 bridgehead atoms. The predicted molar refractivity (Wildman–Crippen MR) is 82.3 cm³/mol. The molecule has 5 nitrogen and oxygen atoms in total. The topological polar surface area (TPSA) is 61.9 Å². The number of hydrogen-bond acceptors (Lipinski definition) is 4. The Bertz CT molecular complexity index is 593. The van der Waals surface area contributed by atoms with Gasteiger partial charge in [0.15, 0.2) is 0 Å². The molecular weight excluding hydrogens is 284 g/mol. The molecule has 1 unspecified atom stereocenters. The predicted octanol–water partition coefficient (Wildman–Crippen LogP) is 2.38. The Morgan fingerprint density at radius 1 is 1.57 bits per heavy atom. The highest BCUT2D eigenvalue weighted by Crippen LogP contribution is 2.25. The van der Waals surface area contributed by atoms with Crippen LogP contribution in [0.25, 0.3) is 0 Å². The van der Waals surface area contributed by atoms with Crippen LogP contribution in [0.1, 0.15) is 42.1 Å². The number of amides is 1. The number of aromatic amines is 1. The molecule has 1 N–H and O–H groups in total. The van der Waals surface area contributed by atoms with Gasteiger partial charge in [0, 0.05) is 36.3 Å². The number of carbonyl (C=O) groups excluding carboxylic acids is 1. The number of likely N-dealkylation sites (tertiary alicyclic amines) is 1. The number of carbonyl (C=O) groups is 1. The van der Waals surface area contributed by atoms with Crippen molar-refractivity contribution in [3.63, 3.8) is 0 Å². The summed E-state index contributed by atoms with van der Waals surface area (Å²) in [4.78, 5) is 18.9. The van der Waals surface area contributed by atoms with Crippen LogP contribution in [0.4, 0.5) is 0 Å².